The van der Waals surface area contributed by atoms with Gasteiger partial charge in [0.15, 0.2) is 23.3 Å². The number of rotatable bonds is 7. The lowest BCUT2D eigenvalue weighted by Gasteiger charge is -2.14. The maximum absolute atomic E-state index is 13.5. The summed E-state index contributed by atoms with van der Waals surface area (Å²) in [6.45, 7) is 1.10. The van der Waals surface area contributed by atoms with Crippen LogP contribution in [0.25, 0.3) is 0 Å². The average molecular weight is 532 g/mol. The molecule has 0 saturated carbocycles. The van der Waals surface area contributed by atoms with Crippen LogP contribution < -0.4 is 10.6 Å². The fourth-order valence-electron chi connectivity index (χ4n) is 2.77. The van der Waals surface area contributed by atoms with E-state index in [1.807, 2.05) is 24.3 Å². The summed E-state index contributed by atoms with van der Waals surface area (Å²) in [4.78, 5) is 0. The van der Waals surface area contributed by atoms with E-state index in [9.17, 15) is 17.6 Å². The fourth-order valence-corrected chi connectivity index (χ4v) is 3.68. The van der Waals surface area contributed by atoms with Crippen LogP contribution in [0.4, 0.5) is 23.2 Å². The molecule has 152 valence electrons. The van der Waals surface area contributed by atoms with Crippen LogP contribution in [0.3, 0.4) is 0 Å². The SMILES string of the molecule is Fc1cc(Br)c(CNCc2ccccc2NCc2cc(F)c(F)cc2Br)cc1F. The van der Waals surface area contributed by atoms with E-state index in [1.165, 1.54) is 0 Å². The molecule has 0 aliphatic heterocycles. The summed E-state index contributed by atoms with van der Waals surface area (Å²) >= 11 is 6.47. The van der Waals surface area contributed by atoms with Crippen molar-refractivity contribution in [1.29, 1.82) is 0 Å². The molecule has 2 nitrogen and oxygen atoms in total. The quantitative estimate of drug-likeness (QED) is 0.263. The molecular weight excluding hydrogens is 516 g/mol. The molecule has 0 heterocycles. The number of halogens is 6. The summed E-state index contributed by atoms with van der Waals surface area (Å²) in [7, 11) is 0. The molecule has 0 fully saturated rings. The van der Waals surface area contributed by atoms with E-state index in [-0.39, 0.29) is 0 Å². The minimum atomic E-state index is -0.909. The summed E-state index contributed by atoms with van der Waals surface area (Å²) in [6, 6.07) is 12.0. The molecule has 0 aromatic heterocycles. The molecule has 0 unspecified atom stereocenters. The Balaban J connectivity index is 1.65. The number of hydrogen-bond acceptors (Lipinski definition) is 2. The molecule has 0 aliphatic rings. The molecule has 0 atom stereocenters. The number of para-hydroxylation sites is 1. The highest BCUT2D eigenvalue weighted by molar-refractivity contribution is 9.10. The van der Waals surface area contributed by atoms with E-state index in [0.29, 0.717) is 39.7 Å². The van der Waals surface area contributed by atoms with Crippen LogP contribution in [0.1, 0.15) is 16.7 Å². The summed E-state index contributed by atoms with van der Waals surface area (Å²) in [5.74, 6) is -3.62. The van der Waals surface area contributed by atoms with Crippen LogP contribution in [0.2, 0.25) is 0 Å². The highest BCUT2D eigenvalue weighted by Crippen LogP contribution is 2.24. The molecule has 3 rings (SSSR count). The van der Waals surface area contributed by atoms with Crippen LogP contribution in [0.5, 0.6) is 0 Å². The average Bonchev–Trinajstić information content (AvgIpc) is 2.68. The topological polar surface area (TPSA) is 24.1 Å². The van der Waals surface area contributed by atoms with Gasteiger partial charge in [0.05, 0.1) is 0 Å². The van der Waals surface area contributed by atoms with Gasteiger partial charge in [-0.3, -0.25) is 0 Å². The van der Waals surface area contributed by atoms with Gasteiger partial charge >= 0.3 is 0 Å². The smallest absolute Gasteiger partial charge is 0.159 e. The van der Waals surface area contributed by atoms with E-state index >= 15 is 0 Å². The van der Waals surface area contributed by atoms with Crippen molar-refractivity contribution in [3.8, 4) is 0 Å². The Morgan fingerprint density at radius 3 is 1.72 bits per heavy atom. The van der Waals surface area contributed by atoms with Gasteiger partial charge in [0, 0.05) is 34.3 Å². The van der Waals surface area contributed by atoms with Gasteiger partial charge in [-0.2, -0.15) is 0 Å². The monoisotopic (exact) mass is 530 g/mol. The van der Waals surface area contributed by atoms with Gasteiger partial charge in [0.25, 0.3) is 0 Å². The molecule has 29 heavy (non-hydrogen) atoms. The molecular formula is C21H16Br2F4N2. The third kappa shape index (κ3) is 5.58. The Bertz CT molecular complexity index is 1030. The second-order valence-corrected chi connectivity index (χ2v) is 8.04. The molecule has 3 aromatic rings. The molecule has 0 aliphatic carbocycles. The second-order valence-electron chi connectivity index (χ2n) is 6.33. The van der Waals surface area contributed by atoms with Crippen molar-refractivity contribution in [3.05, 3.63) is 97.4 Å². The van der Waals surface area contributed by atoms with Crippen LogP contribution >= 0.6 is 31.9 Å². The Hall–Kier alpha value is -1.90. The van der Waals surface area contributed by atoms with Gasteiger partial charge in [0.1, 0.15) is 0 Å². The molecule has 8 heteroatoms. The number of benzene rings is 3. The van der Waals surface area contributed by atoms with Crippen LogP contribution in [-0.4, -0.2) is 0 Å². The lowest BCUT2D eigenvalue weighted by Crippen LogP contribution is -2.15. The minimum absolute atomic E-state index is 0.295. The predicted molar refractivity (Wildman–Crippen MR) is 112 cm³/mol. The maximum Gasteiger partial charge on any atom is 0.159 e. The molecule has 0 spiro atoms. The Kier molecular flexibility index (Phi) is 7.32. The van der Waals surface area contributed by atoms with E-state index in [2.05, 4.69) is 42.5 Å². The van der Waals surface area contributed by atoms with E-state index in [1.54, 1.807) is 0 Å². The van der Waals surface area contributed by atoms with Gasteiger partial charge in [-0.15, -0.1) is 0 Å². The maximum atomic E-state index is 13.5. The molecule has 0 radical (unpaired) electrons. The zero-order valence-corrected chi connectivity index (χ0v) is 18.2. The van der Waals surface area contributed by atoms with Crippen molar-refractivity contribution in [2.75, 3.05) is 5.32 Å². The van der Waals surface area contributed by atoms with Crippen molar-refractivity contribution in [3.63, 3.8) is 0 Å². The molecule has 2 N–H and O–H groups in total. The summed E-state index contributed by atoms with van der Waals surface area (Å²) < 4.78 is 54.4. The minimum Gasteiger partial charge on any atom is -0.381 e. The van der Waals surface area contributed by atoms with E-state index < -0.39 is 23.3 Å². The van der Waals surface area contributed by atoms with Crippen LogP contribution in [-0.2, 0) is 19.6 Å². The number of hydrogen-bond donors (Lipinski definition) is 2. The third-order valence-corrected chi connectivity index (χ3v) is 5.77. The van der Waals surface area contributed by atoms with Crippen molar-refractivity contribution >= 4 is 37.5 Å². The van der Waals surface area contributed by atoms with Crippen molar-refractivity contribution < 1.29 is 17.6 Å². The number of anilines is 1. The summed E-state index contributed by atoms with van der Waals surface area (Å²) in [5, 5.41) is 6.41. The lowest BCUT2D eigenvalue weighted by molar-refractivity contribution is 0.505. The Morgan fingerprint density at radius 2 is 1.10 bits per heavy atom. The Labute approximate surface area is 182 Å². The largest absolute Gasteiger partial charge is 0.381 e. The van der Waals surface area contributed by atoms with Gasteiger partial charge in [0.2, 0.25) is 0 Å². The zero-order chi connectivity index (χ0) is 21.0. The van der Waals surface area contributed by atoms with Gasteiger partial charge in [-0.1, -0.05) is 50.1 Å². The van der Waals surface area contributed by atoms with Crippen molar-refractivity contribution in [2.24, 2.45) is 0 Å². The lowest BCUT2D eigenvalue weighted by atomic mass is 10.1. The Morgan fingerprint density at radius 1 is 0.621 bits per heavy atom. The molecule has 3 aromatic carbocycles. The fraction of sp³-hybridized carbons (Fsp3) is 0.143. The zero-order valence-electron chi connectivity index (χ0n) is 15.0. The first-order valence-electron chi connectivity index (χ1n) is 8.64. The van der Waals surface area contributed by atoms with Crippen LogP contribution in [0.15, 0.2) is 57.5 Å². The third-order valence-electron chi connectivity index (χ3n) is 4.30. The van der Waals surface area contributed by atoms with Crippen LogP contribution in [0, 0.1) is 23.3 Å². The summed E-state index contributed by atoms with van der Waals surface area (Å²) in [6.07, 6.45) is 0. The second kappa shape index (κ2) is 9.73. The first-order valence-corrected chi connectivity index (χ1v) is 10.2. The highest BCUT2D eigenvalue weighted by Gasteiger charge is 2.10. The first kappa shape index (κ1) is 21.8. The normalized spacial score (nSPS) is 11.0. The highest BCUT2D eigenvalue weighted by atomic mass is 79.9. The molecule has 0 amide bonds. The van der Waals surface area contributed by atoms with E-state index in [4.69, 9.17) is 0 Å². The first-order chi connectivity index (χ1) is 13.8. The van der Waals surface area contributed by atoms with Crippen molar-refractivity contribution in [1.82, 2.24) is 5.32 Å². The van der Waals surface area contributed by atoms with Crippen molar-refractivity contribution in [2.45, 2.75) is 19.6 Å². The standard InChI is InChI=1S/C21H16Br2F4N2/c22-15-7-19(26)17(24)5-13(15)10-28-9-12-3-1-2-4-21(12)29-11-14-6-18(25)20(27)8-16(14)23/h1-8,28-29H,9-11H2. The van der Waals surface area contributed by atoms with E-state index in [0.717, 1.165) is 35.5 Å². The molecule has 0 bridgehead atoms. The summed E-state index contributed by atoms with van der Waals surface area (Å²) in [5.41, 5.74) is 2.93. The number of nitrogens with one attached hydrogen (secondary N) is 2. The molecule has 0 saturated heterocycles. The van der Waals surface area contributed by atoms with Gasteiger partial charge in [-0.05, 0) is 47.0 Å². The predicted octanol–water partition coefficient (Wildman–Crippen LogP) is 6.67. The van der Waals surface area contributed by atoms with Gasteiger partial charge in [-0.25, -0.2) is 17.6 Å². The van der Waals surface area contributed by atoms with Gasteiger partial charge < -0.3 is 10.6 Å².